The lowest BCUT2D eigenvalue weighted by Gasteiger charge is -2.17. The number of aromatic nitrogens is 2. The van der Waals surface area contributed by atoms with E-state index in [0.29, 0.717) is 18.1 Å². The van der Waals surface area contributed by atoms with Gasteiger partial charge in [-0.2, -0.15) is 16.3 Å². The van der Waals surface area contributed by atoms with E-state index in [9.17, 15) is 4.79 Å². The third kappa shape index (κ3) is 4.29. The largest absolute Gasteiger partial charge is 0.496 e. The monoisotopic (exact) mass is 371 g/mol. The average Bonchev–Trinajstić information content (AvgIpc) is 3.31. The first-order chi connectivity index (χ1) is 12.6. The number of thiophene rings is 1. The first-order valence-corrected chi connectivity index (χ1v) is 9.30. The number of aryl methyl sites for hydroxylation is 2. The van der Waals surface area contributed by atoms with Gasteiger partial charge in [0, 0.05) is 29.3 Å². The van der Waals surface area contributed by atoms with Crippen molar-refractivity contribution in [3.05, 3.63) is 52.0 Å². The molecule has 0 aliphatic rings. The van der Waals surface area contributed by atoms with E-state index >= 15 is 0 Å². The predicted molar refractivity (Wildman–Crippen MR) is 100 cm³/mol. The number of carbonyl (C=O) groups is 1. The average molecular weight is 371 g/mol. The summed E-state index contributed by atoms with van der Waals surface area (Å²) in [4.78, 5) is 16.6. The molecule has 1 aromatic carbocycles. The molecule has 0 bridgehead atoms. The predicted octanol–water partition coefficient (Wildman–Crippen LogP) is 3.93. The van der Waals surface area contributed by atoms with Gasteiger partial charge in [-0.3, -0.25) is 4.79 Å². The Kier molecular flexibility index (Phi) is 5.68. The molecular formula is C19H21N3O3S. The van der Waals surface area contributed by atoms with Crippen molar-refractivity contribution in [1.29, 1.82) is 0 Å². The summed E-state index contributed by atoms with van der Waals surface area (Å²) in [5, 5.41) is 10.9. The number of nitrogens with zero attached hydrogens (tertiary/aromatic N) is 2. The summed E-state index contributed by atoms with van der Waals surface area (Å²) in [6.45, 7) is 3.95. The zero-order valence-corrected chi connectivity index (χ0v) is 15.8. The standard InChI is InChI=1S/C19H21N3O3S/c1-12-4-5-16(24-3)15(10-12)13(2)20-17(23)6-7-18-21-19(22-25-18)14-8-9-26-11-14/h4-5,8-11,13H,6-7H2,1-3H3,(H,20,23). The van der Waals surface area contributed by atoms with Crippen LogP contribution in [-0.4, -0.2) is 23.2 Å². The Hall–Kier alpha value is -2.67. The molecule has 1 unspecified atom stereocenters. The van der Waals surface area contributed by atoms with Crippen molar-refractivity contribution >= 4 is 17.2 Å². The molecule has 2 heterocycles. The highest BCUT2D eigenvalue weighted by Crippen LogP contribution is 2.26. The van der Waals surface area contributed by atoms with Crippen molar-refractivity contribution in [2.45, 2.75) is 32.7 Å². The lowest BCUT2D eigenvalue weighted by molar-refractivity contribution is -0.121. The van der Waals surface area contributed by atoms with Crippen LogP contribution in [0.5, 0.6) is 5.75 Å². The number of amides is 1. The van der Waals surface area contributed by atoms with E-state index in [0.717, 1.165) is 22.4 Å². The minimum Gasteiger partial charge on any atom is -0.496 e. The number of carbonyl (C=O) groups excluding carboxylic acids is 1. The molecule has 0 saturated heterocycles. The van der Waals surface area contributed by atoms with Gasteiger partial charge in [0.1, 0.15) is 5.75 Å². The van der Waals surface area contributed by atoms with Crippen LogP contribution < -0.4 is 10.1 Å². The van der Waals surface area contributed by atoms with Gasteiger partial charge in [-0.05, 0) is 31.4 Å². The quantitative estimate of drug-likeness (QED) is 0.681. The Morgan fingerprint density at radius 3 is 2.96 bits per heavy atom. The van der Waals surface area contributed by atoms with Gasteiger partial charge >= 0.3 is 0 Å². The molecular weight excluding hydrogens is 350 g/mol. The summed E-state index contributed by atoms with van der Waals surface area (Å²) in [7, 11) is 1.63. The van der Waals surface area contributed by atoms with E-state index < -0.39 is 0 Å². The third-order valence-corrected chi connectivity index (χ3v) is 4.73. The van der Waals surface area contributed by atoms with E-state index in [4.69, 9.17) is 9.26 Å². The van der Waals surface area contributed by atoms with Crippen LogP contribution in [0.1, 0.15) is 36.4 Å². The highest BCUT2D eigenvalue weighted by molar-refractivity contribution is 7.08. The number of rotatable bonds is 7. The Morgan fingerprint density at radius 1 is 1.38 bits per heavy atom. The zero-order valence-electron chi connectivity index (χ0n) is 15.0. The Balaban J connectivity index is 1.57. The topological polar surface area (TPSA) is 77.2 Å². The molecule has 0 spiro atoms. The molecule has 3 rings (SSSR count). The number of methoxy groups -OCH3 is 1. The lowest BCUT2D eigenvalue weighted by Crippen LogP contribution is -2.27. The molecule has 1 N–H and O–H groups in total. The lowest BCUT2D eigenvalue weighted by atomic mass is 10.0. The maximum absolute atomic E-state index is 12.3. The van der Waals surface area contributed by atoms with Crippen LogP contribution in [0.25, 0.3) is 11.4 Å². The van der Waals surface area contributed by atoms with Gasteiger partial charge < -0.3 is 14.6 Å². The maximum atomic E-state index is 12.3. The second-order valence-electron chi connectivity index (χ2n) is 6.06. The van der Waals surface area contributed by atoms with E-state index in [-0.39, 0.29) is 18.4 Å². The third-order valence-electron chi connectivity index (χ3n) is 4.04. The Morgan fingerprint density at radius 2 is 2.23 bits per heavy atom. The molecule has 0 aliphatic carbocycles. The van der Waals surface area contributed by atoms with Crippen molar-refractivity contribution in [2.75, 3.05) is 7.11 Å². The molecule has 0 radical (unpaired) electrons. The van der Waals surface area contributed by atoms with Crippen molar-refractivity contribution in [1.82, 2.24) is 15.5 Å². The molecule has 3 aromatic rings. The molecule has 0 fully saturated rings. The van der Waals surface area contributed by atoms with Crippen LogP contribution in [0.4, 0.5) is 0 Å². The molecule has 0 saturated carbocycles. The highest BCUT2D eigenvalue weighted by Gasteiger charge is 2.16. The number of hydrogen-bond acceptors (Lipinski definition) is 6. The number of ether oxygens (including phenoxy) is 1. The summed E-state index contributed by atoms with van der Waals surface area (Å²) in [5.74, 6) is 1.71. The fraction of sp³-hybridized carbons (Fsp3) is 0.316. The first-order valence-electron chi connectivity index (χ1n) is 8.36. The maximum Gasteiger partial charge on any atom is 0.227 e. The second kappa shape index (κ2) is 8.14. The summed E-state index contributed by atoms with van der Waals surface area (Å²) in [5.41, 5.74) is 3.00. The van der Waals surface area contributed by atoms with Gasteiger partial charge in [0.15, 0.2) is 0 Å². The Labute approximate surface area is 156 Å². The van der Waals surface area contributed by atoms with E-state index in [1.807, 2.05) is 48.9 Å². The SMILES string of the molecule is COc1ccc(C)cc1C(C)NC(=O)CCc1nc(-c2ccsc2)no1. The van der Waals surface area contributed by atoms with Crippen molar-refractivity contribution < 1.29 is 14.1 Å². The van der Waals surface area contributed by atoms with Gasteiger partial charge in [0.2, 0.25) is 17.6 Å². The number of hydrogen-bond donors (Lipinski definition) is 1. The fourth-order valence-electron chi connectivity index (χ4n) is 2.67. The zero-order chi connectivity index (χ0) is 18.5. The number of benzene rings is 1. The summed E-state index contributed by atoms with van der Waals surface area (Å²) in [6.07, 6.45) is 0.685. The summed E-state index contributed by atoms with van der Waals surface area (Å²) < 4.78 is 10.6. The summed E-state index contributed by atoms with van der Waals surface area (Å²) in [6, 6.07) is 7.70. The molecule has 26 heavy (non-hydrogen) atoms. The van der Waals surface area contributed by atoms with Crippen LogP contribution >= 0.6 is 11.3 Å². The highest BCUT2D eigenvalue weighted by atomic mass is 32.1. The van der Waals surface area contributed by atoms with Gasteiger partial charge in [0.25, 0.3) is 0 Å². The molecule has 136 valence electrons. The fourth-order valence-corrected chi connectivity index (χ4v) is 3.30. The normalized spacial score (nSPS) is 12.0. The van der Waals surface area contributed by atoms with Crippen molar-refractivity contribution in [2.24, 2.45) is 0 Å². The number of nitrogens with one attached hydrogen (secondary N) is 1. The first kappa shape index (κ1) is 18.1. The minimum atomic E-state index is -0.151. The van der Waals surface area contributed by atoms with Gasteiger partial charge in [0.05, 0.1) is 13.2 Å². The van der Waals surface area contributed by atoms with Crippen LogP contribution in [-0.2, 0) is 11.2 Å². The van der Waals surface area contributed by atoms with E-state index in [2.05, 4.69) is 15.5 Å². The second-order valence-corrected chi connectivity index (χ2v) is 6.84. The smallest absolute Gasteiger partial charge is 0.227 e. The van der Waals surface area contributed by atoms with Gasteiger partial charge in [-0.25, -0.2) is 0 Å². The van der Waals surface area contributed by atoms with Gasteiger partial charge in [-0.15, -0.1) is 0 Å². The Bertz CT molecular complexity index is 874. The van der Waals surface area contributed by atoms with Crippen LogP contribution in [0.2, 0.25) is 0 Å². The minimum absolute atomic E-state index is 0.0728. The molecule has 0 aliphatic heterocycles. The summed E-state index contributed by atoms with van der Waals surface area (Å²) >= 11 is 1.57. The van der Waals surface area contributed by atoms with Gasteiger partial charge in [-0.1, -0.05) is 22.9 Å². The van der Waals surface area contributed by atoms with E-state index in [1.165, 1.54) is 0 Å². The van der Waals surface area contributed by atoms with Crippen molar-refractivity contribution in [3.8, 4) is 17.1 Å². The molecule has 2 aromatic heterocycles. The van der Waals surface area contributed by atoms with Crippen LogP contribution in [0, 0.1) is 6.92 Å². The van der Waals surface area contributed by atoms with E-state index in [1.54, 1.807) is 18.4 Å². The van der Waals surface area contributed by atoms with Crippen LogP contribution in [0.3, 0.4) is 0 Å². The molecule has 7 heteroatoms. The molecule has 1 amide bonds. The molecule has 6 nitrogen and oxygen atoms in total. The molecule has 1 atom stereocenters. The van der Waals surface area contributed by atoms with Crippen LogP contribution in [0.15, 0.2) is 39.5 Å². The van der Waals surface area contributed by atoms with Crippen molar-refractivity contribution in [3.63, 3.8) is 0 Å².